The normalized spacial score (nSPS) is 25.8. The molecule has 1 N–H and O–H groups in total. The third-order valence-corrected chi connectivity index (χ3v) is 7.45. The average molecular weight is 439 g/mol. The standard InChI is InChI=1S/C29H30N2O2/c1-2-12-28(32)13-14-29(18-22-6-4-3-5-7-22)24(19-28)9-8-23-17-26(10-11-27(23)29)33-21-25-20-30-15-16-31-25/h3-7,10-11,15-17,20,24,32H,8-9,13-14,18-19,21H2,1H3/t24-,28-,29+/m1/s1. The van der Waals surface area contributed by atoms with Gasteiger partial charge in [-0.1, -0.05) is 42.3 Å². The Kier molecular flexibility index (Phi) is 5.91. The molecular weight excluding hydrogens is 408 g/mol. The van der Waals surface area contributed by atoms with E-state index in [0.29, 0.717) is 18.9 Å². The van der Waals surface area contributed by atoms with E-state index in [1.54, 1.807) is 18.6 Å². The molecule has 0 unspecified atom stereocenters. The van der Waals surface area contributed by atoms with Crippen molar-refractivity contribution >= 4 is 0 Å². The number of rotatable bonds is 5. The van der Waals surface area contributed by atoms with Crippen LogP contribution in [0, 0.1) is 17.8 Å². The Labute approximate surface area is 196 Å². The molecule has 0 amide bonds. The van der Waals surface area contributed by atoms with Crippen LogP contribution >= 0.6 is 0 Å². The third-order valence-electron chi connectivity index (χ3n) is 7.45. The zero-order chi connectivity index (χ0) is 22.7. The maximum atomic E-state index is 11.2. The number of aryl methyl sites for hydroxylation is 1. The summed E-state index contributed by atoms with van der Waals surface area (Å²) in [5.74, 6) is 7.35. The number of ether oxygens (including phenoxy) is 1. The highest BCUT2D eigenvalue weighted by molar-refractivity contribution is 5.45. The molecule has 1 fully saturated rings. The van der Waals surface area contributed by atoms with Gasteiger partial charge in [-0.15, -0.1) is 5.92 Å². The van der Waals surface area contributed by atoms with Crippen molar-refractivity contribution in [3.8, 4) is 17.6 Å². The Hall–Kier alpha value is -3.16. The SMILES string of the molecule is CC#C[C@@]1(O)CC[C@@]2(Cc3ccccc3)c3ccc(OCc4cnccn4)cc3CC[C@@H]2C1. The minimum atomic E-state index is -0.864. The Balaban J connectivity index is 1.47. The van der Waals surface area contributed by atoms with E-state index in [0.717, 1.165) is 43.5 Å². The number of benzene rings is 2. The quantitative estimate of drug-likeness (QED) is 0.567. The first kappa shape index (κ1) is 21.7. The lowest BCUT2D eigenvalue weighted by Crippen LogP contribution is -2.50. The highest BCUT2D eigenvalue weighted by Gasteiger charge is 2.51. The second kappa shape index (κ2) is 9.00. The van der Waals surface area contributed by atoms with E-state index in [9.17, 15) is 5.11 Å². The van der Waals surface area contributed by atoms with Gasteiger partial charge in [0.05, 0.1) is 11.9 Å². The molecular formula is C29H30N2O2. The molecule has 5 rings (SSSR count). The summed E-state index contributed by atoms with van der Waals surface area (Å²) in [6.45, 7) is 2.23. The van der Waals surface area contributed by atoms with Crippen LogP contribution in [-0.2, 0) is 24.9 Å². The first-order chi connectivity index (χ1) is 16.1. The zero-order valence-corrected chi connectivity index (χ0v) is 19.1. The molecule has 168 valence electrons. The summed E-state index contributed by atoms with van der Waals surface area (Å²) in [6.07, 6.45) is 10.5. The highest BCUT2D eigenvalue weighted by atomic mass is 16.5. The van der Waals surface area contributed by atoms with Gasteiger partial charge in [0.1, 0.15) is 18.0 Å². The topological polar surface area (TPSA) is 55.2 Å². The van der Waals surface area contributed by atoms with Crippen molar-refractivity contribution < 1.29 is 9.84 Å². The van der Waals surface area contributed by atoms with Crippen molar-refractivity contribution in [1.82, 2.24) is 9.97 Å². The van der Waals surface area contributed by atoms with E-state index < -0.39 is 5.60 Å². The Bertz CT molecular complexity index is 1170. The number of aliphatic hydroxyl groups is 1. The van der Waals surface area contributed by atoms with Crippen LogP contribution in [0.4, 0.5) is 0 Å². The van der Waals surface area contributed by atoms with Crippen molar-refractivity contribution in [3.63, 3.8) is 0 Å². The molecule has 2 aromatic carbocycles. The summed E-state index contributed by atoms with van der Waals surface area (Å²) >= 11 is 0. The summed E-state index contributed by atoms with van der Waals surface area (Å²) in [7, 11) is 0. The second-order valence-corrected chi connectivity index (χ2v) is 9.47. The fraction of sp³-hybridized carbons (Fsp3) is 0.379. The second-order valence-electron chi connectivity index (χ2n) is 9.47. The van der Waals surface area contributed by atoms with Crippen molar-refractivity contribution in [2.45, 2.75) is 63.1 Å². The molecule has 0 spiro atoms. The van der Waals surface area contributed by atoms with E-state index in [4.69, 9.17) is 4.74 Å². The fourth-order valence-corrected chi connectivity index (χ4v) is 5.95. The van der Waals surface area contributed by atoms with Gasteiger partial charge in [-0.05, 0) is 80.2 Å². The van der Waals surface area contributed by atoms with E-state index >= 15 is 0 Å². The van der Waals surface area contributed by atoms with Gasteiger partial charge in [0, 0.05) is 17.8 Å². The molecule has 0 radical (unpaired) electrons. The Morgan fingerprint density at radius 2 is 2.00 bits per heavy atom. The van der Waals surface area contributed by atoms with Crippen LogP contribution < -0.4 is 4.74 Å². The van der Waals surface area contributed by atoms with Gasteiger partial charge in [0.2, 0.25) is 0 Å². The van der Waals surface area contributed by atoms with E-state index in [1.807, 2.05) is 6.92 Å². The predicted octanol–water partition coefficient (Wildman–Crippen LogP) is 5.04. The highest BCUT2D eigenvalue weighted by Crippen LogP contribution is 2.54. The van der Waals surface area contributed by atoms with Gasteiger partial charge in [-0.25, -0.2) is 0 Å². The van der Waals surface area contributed by atoms with Crippen LogP contribution in [0.1, 0.15) is 55.0 Å². The molecule has 1 aromatic heterocycles. The molecule has 2 aliphatic rings. The van der Waals surface area contributed by atoms with Crippen LogP contribution in [-0.4, -0.2) is 20.7 Å². The first-order valence-electron chi connectivity index (χ1n) is 11.8. The molecule has 0 saturated heterocycles. The number of aromatic nitrogens is 2. The monoisotopic (exact) mass is 438 g/mol. The van der Waals surface area contributed by atoms with Crippen LogP contribution in [0.15, 0.2) is 67.1 Å². The van der Waals surface area contributed by atoms with E-state index in [1.165, 1.54) is 16.7 Å². The van der Waals surface area contributed by atoms with Gasteiger partial charge < -0.3 is 9.84 Å². The Morgan fingerprint density at radius 3 is 2.79 bits per heavy atom. The van der Waals surface area contributed by atoms with Crippen molar-refractivity contribution in [2.75, 3.05) is 0 Å². The number of hydrogen-bond acceptors (Lipinski definition) is 4. The van der Waals surface area contributed by atoms with Gasteiger partial charge >= 0.3 is 0 Å². The van der Waals surface area contributed by atoms with Crippen LogP contribution in [0.2, 0.25) is 0 Å². The predicted molar refractivity (Wildman–Crippen MR) is 129 cm³/mol. The van der Waals surface area contributed by atoms with Gasteiger partial charge in [-0.2, -0.15) is 0 Å². The average Bonchev–Trinajstić information content (AvgIpc) is 2.84. The summed E-state index contributed by atoms with van der Waals surface area (Å²) in [6, 6.07) is 17.3. The minimum Gasteiger partial charge on any atom is -0.487 e. The molecule has 2 aliphatic carbocycles. The van der Waals surface area contributed by atoms with Crippen LogP contribution in [0.5, 0.6) is 5.75 Å². The molecule has 0 aliphatic heterocycles. The van der Waals surface area contributed by atoms with Crippen molar-refractivity contribution in [1.29, 1.82) is 0 Å². The number of nitrogens with zero attached hydrogens (tertiary/aromatic N) is 2. The minimum absolute atomic E-state index is 0.0139. The Morgan fingerprint density at radius 1 is 1.12 bits per heavy atom. The fourth-order valence-electron chi connectivity index (χ4n) is 5.95. The smallest absolute Gasteiger partial charge is 0.132 e. The number of fused-ring (bicyclic) bond motifs is 3. The molecule has 3 atom stereocenters. The molecule has 33 heavy (non-hydrogen) atoms. The van der Waals surface area contributed by atoms with Crippen molar-refractivity contribution in [3.05, 3.63) is 89.5 Å². The maximum absolute atomic E-state index is 11.2. The molecule has 3 aromatic rings. The lowest BCUT2D eigenvalue weighted by Gasteiger charge is -2.52. The summed E-state index contributed by atoms with van der Waals surface area (Å²) in [5.41, 5.74) is 4.10. The molecule has 0 bridgehead atoms. The summed E-state index contributed by atoms with van der Waals surface area (Å²) < 4.78 is 6.05. The lowest BCUT2D eigenvalue weighted by atomic mass is 9.52. The summed E-state index contributed by atoms with van der Waals surface area (Å²) in [4.78, 5) is 8.41. The van der Waals surface area contributed by atoms with Crippen LogP contribution in [0.25, 0.3) is 0 Å². The van der Waals surface area contributed by atoms with Gasteiger partial charge in [-0.3, -0.25) is 9.97 Å². The molecule has 4 nitrogen and oxygen atoms in total. The zero-order valence-electron chi connectivity index (χ0n) is 19.1. The van der Waals surface area contributed by atoms with E-state index in [2.05, 4.69) is 70.3 Å². The molecule has 1 heterocycles. The molecule has 4 heteroatoms. The first-order valence-corrected chi connectivity index (χ1v) is 11.8. The van der Waals surface area contributed by atoms with Gasteiger partial charge in [0.25, 0.3) is 0 Å². The molecule has 1 saturated carbocycles. The lowest BCUT2D eigenvalue weighted by molar-refractivity contribution is -0.00805. The van der Waals surface area contributed by atoms with Crippen LogP contribution in [0.3, 0.4) is 0 Å². The number of hydrogen-bond donors (Lipinski definition) is 1. The van der Waals surface area contributed by atoms with Gasteiger partial charge in [0.15, 0.2) is 0 Å². The van der Waals surface area contributed by atoms with E-state index in [-0.39, 0.29) is 5.41 Å². The maximum Gasteiger partial charge on any atom is 0.132 e. The van der Waals surface area contributed by atoms with Crippen molar-refractivity contribution in [2.24, 2.45) is 5.92 Å². The summed E-state index contributed by atoms with van der Waals surface area (Å²) in [5, 5.41) is 11.2. The largest absolute Gasteiger partial charge is 0.487 e. The third kappa shape index (κ3) is 4.38.